The van der Waals surface area contributed by atoms with Gasteiger partial charge in [-0.3, -0.25) is 4.79 Å². The first kappa shape index (κ1) is 15.7. The van der Waals surface area contributed by atoms with Gasteiger partial charge in [0.25, 0.3) is 5.91 Å². The summed E-state index contributed by atoms with van der Waals surface area (Å²) in [4.78, 5) is 14.6. The number of likely N-dealkylation sites (tertiary alicyclic amines) is 1. The molecule has 2 aromatic rings. The molecule has 1 unspecified atom stereocenters. The van der Waals surface area contributed by atoms with Crippen LogP contribution in [0.25, 0.3) is 0 Å². The summed E-state index contributed by atoms with van der Waals surface area (Å²) in [7, 11) is 0. The SMILES string of the molecule is Cc1cc(C(=O)NC2CCCN(CCc3ccccc3)C2)no1. The van der Waals surface area contributed by atoms with Crippen LogP contribution in [-0.2, 0) is 6.42 Å². The lowest BCUT2D eigenvalue weighted by molar-refractivity contribution is 0.0895. The molecule has 0 saturated carbocycles. The van der Waals surface area contributed by atoms with Crippen LogP contribution in [0.15, 0.2) is 40.9 Å². The van der Waals surface area contributed by atoms with Gasteiger partial charge in [0, 0.05) is 25.2 Å². The second-order valence-electron chi connectivity index (χ2n) is 6.17. The van der Waals surface area contributed by atoms with Crippen molar-refractivity contribution in [3.63, 3.8) is 0 Å². The number of rotatable bonds is 5. The molecule has 1 fully saturated rings. The van der Waals surface area contributed by atoms with Gasteiger partial charge in [-0.05, 0) is 38.3 Å². The Morgan fingerprint density at radius 3 is 2.96 bits per heavy atom. The number of aryl methyl sites for hydroxylation is 1. The number of carbonyl (C=O) groups excluding carboxylic acids is 1. The zero-order valence-corrected chi connectivity index (χ0v) is 13.5. The van der Waals surface area contributed by atoms with Crippen molar-refractivity contribution in [2.75, 3.05) is 19.6 Å². The maximum atomic E-state index is 12.2. The van der Waals surface area contributed by atoms with E-state index in [1.807, 2.05) is 6.07 Å². The van der Waals surface area contributed by atoms with Gasteiger partial charge in [-0.2, -0.15) is 0 Å². The van der Waals surface area contributed by atoms with E-state index in [4.69, 9.17) is 4.52 Å². The van der Waals surface area contributed by atoms with E-state index in [0.717, 1.165) is 38.9 Å². The first-order valence-electron chi connectivity index (χ1n) is 8.21. The summed E-state index contributed by atoms with van der Waals surface area (Å²) < 4.78 is 4.96. The van der Waals surface area contributed by atoms with Crippen molar-refractivity contribution in [3.05, 3.63) is 53.4 Å². The van der Waals surface area contributed by atoms with Crippen LogP contribution in [0.1, 0.15) is 34.7 Å². The molecule has 1 aliphatic heterocycles. The van der Waals surface area contributed by atoms with Gasteiger partial charge in [-0.1, -0.05) is 35.5 Å². The predicted molar refractivity (Wildman–Crippen MR) is 88.3 cm³/mol. The fourth-order valence-electron chi connectivity index (χ4n) is 3.04. The third-order valence-corrected chi connectivity index (χ3v) is 4.26. The standard InChI is InChI=1S/C18H23N3O2/c1-14-12-17(20-23-14)18(22)19-16-8-5-10-21(13-16)11-9-15-6-3-2-4-7-15/h2-4,6-7,12,16H,5,8-11,13H2,1H3,(H,19,22). The highest BCUT2D eigenvalue weighted by Gasteiger charge is 2.22. The van der Waals surface area contributed by atoms with E-state index in [9.17, 15) is 4.79 Å². The van der Waals surface area contributed by atoms with E-state index >= 15 is 0 Å². The highest BCUT2D eigenvalue weighted by Crippen LogP contribution is 2.12. The van der Waals surface area contributed by atoms with Crippen molar-refractivity contribution in [1.29, 1.82) is 0 Å². The number of carbonyl (C=O) groups is 1. The summed E-state index contributed by atoms with van der Waals surface area (Å²) in [5.74, 6) is 0.514. The number of piperidine rings is 1. The Hall–Kier alpha value is -2.14. The number of nitrogens with zero attached hydrogens (tertiary/aromatic N) is 2. The quantitative estimate of drug-likeness (QED) is 0.921. The van der Waals surface area contributed by atoms with E-state index in [1.54, 1.807) is 13.0 Å². The van der Waals surface area contributed by atoms with Gasteiger partial charge in [0.1, 0.15) is 5.76 Å². The zero-order chi connectivity index (χ0) is 16.1. The highest BCUT2D eigenvalue weighted by molar-refractivity contribution is 5.92. The van der Waals surface area contributed by atoms with Crippen LogP contribution in [0.3, 0.4) is 0 Å². The van der Waals surface area contributed by atoms with Gasteiger partial charge in [-0.15, -0.1) is 0 Å². The molecule has 3 rings (SSSR count). The summed E-state index contributed by atoms with van der Waals surface area (Å²) in [6.07, 6.45) is 3.17. The second-order valence-corrected chi connectivity index (χ2v) is 6.17. The lowest BCUT2D eigenvalue weighted by atomic mass is 10.0. The predicted octanol–water partition coefficient (Wildman–Crippen LogP) is 2.42. The van der Waals surface area contributed by atoms with E-state index < -0.39 is 0 Å². The molecule has 5 nitrogen and oxygen atoms in total. The minimum absolute atomic E-state index is 0.142. The minimum Gasteiger partial charge on any atom is -0.361 e. The van der Waals surface area contributed by atoms with Crippen molar-refractivity contribution < 1.29 is 9.32 Å². The molecule has 0 bridgehead atoms. The smallest absolute Gasteiger partial charge is 0.273 e. The number of hydrogen-bond acceptors (Lipinski definition) is 4. The van der Waals surface area contributed by atoms with Crippen LogP contribution in [-0.4, -0.2) is 41.6 Å². The third kappa shape index (κ3) is 4.42. The van der Waals surface area contributed by atoms with E-state index in [2.05, 4.69) is 39.6 Å². The normalized spacial score (nSPS) is 18.7. The molecule has 1 aliphatic rings. The molecule has 1 saturated heterocycles. The van der Waals surface area contributed by atoms with Crippen LogP contribution >= 0.6 is 0 Å². The number of amides is 1. The molecule has 122 valence electrons. The number of benzene rings is 1. The van der Waals surface area contributed by atoms with Crippen molar-refractivity contribution in [2.24, 2.45) is 0 Å². The van der Waals surface area contributed by atoms with Gasteiger partial charge in [0.05, 0.1) is 0 Å². The molecule has 5 heteroatoms. The highest BCUT2D eigenvalue weighted by atomic mass is 16.5. The van der Waals surface area contributed by atoms with Crippen molar-refractivity contribution in [2.45, 2.75) is 32.2 Å². The first-order chi connectivity index (χ1) is 11.2. The number of hydrogen-bond donors (Lipinski definition) is 1. The van der Waals surface area contributed by atoms with Crippen molar-refractivity contribution in [1.82, 2.24) is 15.4 Å². The van der Waals surface area contributed by atoms with E-state index in [-0.39, 0.29) is 11.9 Å². The maximum Gasteiger partial charge on any atom is 0.273 e. The summed E-state index contributed by atoms with van der Waals surface area (Å²) in [5, 5.41) is 6.85. The summed E-state index contributed by atoms with van der Waals surface area (Å²) >= 11 is 0. The molecule has 0 radical (unpaired) electrons. The molecular weight excluding hydrogens is 290 g/mol. The largest absolute Gasteiger partial charge is 0.361 e. The van der Waals surface area contributed by atoms with Gasteiger partial charge in [0.2, 0.25) is 0 Å². The Morgan fingerprint density at radius 2 is 2.22 bits per heavy atom. The second kappa shape index (κ2) is 7.42. The molecule has 23 heavy (non-hydrogen) atoms. The van der Waals surface area contributed by atoms with Crippen LogP contribution < -0.4 is 5.32 Å². The summed E-state index contributed by atoms with van der Waals surface area (Å²) in [6.45, 7) is 4.81. The molecule has 1 aromatic carbocycles. The van der Waals surface area contributed by atoms with Crippen LogP contribution in [0.4, 0.5) is 0 Å². The monoisotopic (exact) mass is 313 g/mol. The molecule has 1 atom stereocenters. The summed E-state index contributed by atoms with van der Waals surface area (Å²) in [5.41, 5.74) is 1.72. The Labute approximate surface area is 136 Å². The summed E-state index contributed by atoms with van der Waals surface area (Å²) in [6, 6.07) is 12.4. The molecule has 0 spiro atoms. The van der Waals surface area contributed by atoms with E-state index in [1.165, 1.54) is 5.56 Å². The number of nitrogens with one attached hydrogen (secondary N) is 1. The average molecular weight is 313 g/mol. The van der Waals surface area contributed by atoms with Crippen LogP contribution in [0.2, 0.25) is 0 Å². The third-order valence-electron chi connectivity index (χ3n) is 4.26. The Kier molecular flexibility index (Phi) is 5.08. The van der Waals surface area contributed by atoms with Gasteiger partial charge < -0.3 is 14.7 Å². The molecular formula is C18H23N3O2. The fraction of sp³-hybridized carbons (Fsp3) is 0.444. The Morgan fingerprint density at radius 1 is 1.39 bits per heavy atom. The van der Waals surface area contributed by atoms with Crippen molar-refractivity contribution >= 4 is 5.91 Å². The average Bonchev–Trinajstić information content (AvgIpc) is 3.01. The van der Waals surface area contributed by atoms with E-state index in [0.29, 0.717) is 11.5 Å². The lowest BCUT2D eigenvalue weighted by Gasteiger charge is -2.33. The topological polar surface area (TPSA) is 58.4 Å². The van der Waals surface area contributed by atoms with Crippen molar-refractivity contribution in [3.8, 4) is 0 Å². The molecule has 1 N–H and O–H groups in total. The van der Waals surface area contributed by atoms with Gasteiger partial charge in [-0.25, -0.2) is 0 Å². The molecule has 1 amide bonds. The Balaban J connectivity index is 1.49. The fourth-order valence-corrected chi connectivity index (χ4v) is 3.04. The molecule has 2 heterocycles. The molecule has 1 aromatic heterocycles. The Bertz CT molecular complexity index is 639. The van der Waals surface area contributed by atoms with Gasteiger partial charge in [0.15, 0.2) is 5.69 Å². The van der Waals surface area contributed by atoms with Crippen LogP contribution in [0, 0.1) is 6.92 Å². The number of aromatic nitrogens is 1. The zero-order valence-electron chi connectivity index (χ0n) is 13.5. The minimum atomic E-state index is -0.142. The lowest BCUT2D eigenvalue weighted by Crippen LogP contribution is -2.48. The molecule has 0 aliphatic carbocycles. The maximum absolute atomic E-state index is 12.2. The van der Waals surface area contributed by atoms with Crippen LogP contribution in [0.5, 0.6) is 0 Å². The van der Waals surface area contributed by atoms with Gasteiger partial charge >= 0.3 is 0 Å². The first-order valence-corrected chi connectivity index (χ1v) is 8.21.